The molecule has 0 atom stereocenters. The van der Waals surface area contributed by atoms with Crippen LogP contribution in [0, 0.1) is 6.92 Å². The molecule has 0 heterocycles. The van der Waals surface area contributed by atoms with Gasteiger partial charge in [0.1, 0.15) is 0 Å². The summed E-state index contributed by atoms with van der Waals surface area (Å²) in [5.41, 5.74) is 7.97. The molecule has 0 aliphatic rings. The molecule has 0 aliphatic heterocycles. The topological polar surface area (TPSA) is 52.2 Å². The van der Waals surface area contributed by atoms with Gasteiger partial charge in [-0.15, -0.1) is 0 Å². The van der Waals surface area contributed by atoms with Gasteiger partial charge >= 0.3 is 51.4 Å². The first-order chi connectivity index (χ1) is 7.24. The Kier molecular flexibility index (Phi) is 16.5. The Bertz CT molecular complexity index is 237. The molecule has 1 aromatic carbocycles. The molecule has 1 rings (SSSR count). The minimum Gasteiger partial charge on any atom is -0.668 e. The summed E-state index contributed by atoms with van der Waals surface area (Å²) in [6.45, 7) is 4.59. The summed E-state index contributed by atoms with van der Waals surface area (Å²) in [4.78, 5) is 0. The zero-order valence-corrected chi connectivity index (χ0v) is 14.1. The predicted octanol–water partition coefficient (Wildman–Crippen LogP) is -1.33. The summed E-state index contributed by atoms with van der Waals surface area (Å²) >= 11 is 0. The maximum atomic E-state index is 5.35. The molecule has 0 aromatic heterocycles. The third kappa shape index (κ3) is 11.2. The first-order valence-corrected chi connectivity index (χ1v) is 5.18. The zero-order valence-electron chi connectivity index (χ0n) is 11.0. The summed E-state index contributed by atoms with van der Waals surface area (Å²) in [6.07, 6.45) is 0. The largest absolute Gasteiger partial charge is 1.00 e. The fraction of sp³-hybridized carbons (Fsp3) is 0.500. The molecule has 4 heteroatoms. The average Bonchev–Trinajstić information content (AvgIpc) is 2.23. The SMILES string of the molecule is C[N-]C.Cc1ccc(CNCCN)cc1.[K+]. The average molecular weight is 247 g/mol. The predicted molar refractivity (Wildman–Crippen MR) is 67.1 cm³/mol. The van der Waals surface area contributed by atoms with Crippen LogP contribution in [0.25, 0.3) is 5.32 Å². The molecule has 0 spiro atoms. The van der Waals surface area contributed by atoms with Crippen molar-refractivity contribution in [3.05, 3.63) is 40.7 Å². The molecule has 0 unspecified atom stereocenters. The van der Waals surface area contributed by atoms with E-state index in [4.69, 9.17) is 5.73 Å². The van der Waals surface area contributed by atoms with Crippen LogP contribution < -0.4 is 62.4 Å². The Morgan fingerprint density at radius 2 is 1.69 bits per heavy atom. The number of rotatable bonds is 4. The van der Waals surface area contributed by atoms with Crippen molar-refractivity contribution in [2.45, 2.75) is 13.5 Å². The molecule has 3 N–H and O–H groups in total. The van der Waals surface area contributed by atoms with Crippen LogP contribution in [0.2, 0.25) is 0 Å². The van der Waals surface area contributed by atoms with Crippen LogP contribution in [0.1, 0.15) is 11.1 Å². The molecule has 0 aliphatic carbocycles. The molecule has 0 amide bonds. The van der Waals surface area contributed by atoms with E-state index in [9.17, 15) is 0 Å². The molecule has 0 fully saturated rings. The molecule has 1 aromatic rings. The van der Waals surface area contributed by atoms with Crippen molar-refractivity contribution in [2.24, 2.45) is 5.73 Å². The molecule has 3 nitrogen and oxygen atoms in total. The number of hydrogen-bond donors (Lipinski definition) is 2. The van der Waals surface area contributed by atoms with Gasteiger partial charge in [0.05, 0.1) is 0 Å². The molecule has 0 saturated heterocycles. The van der Waals surface area contributed by atoms with E-state index in [0.29, 0.717) is 6.54 Å². The standard InChI is InChI=1S/C10H16N2.C2H6N.K/c1-9-2-4-10(5-3-9)8-12-7-6-11;1-3-2;/h2-5,12H,6-8,11H2,1H3;1-2H3;/q;-1;+1. The van der Waals surface area contributed by atoms with Gasteiger partial charge in [0, 0.05) is 19.6 Å². The summed E-state index contributed by atoms with van der Waals surface area (Å²) < 4.78 is 0. The molecule has 0 radical (unpaired) electrons. The summed E-state index contributed by atoms with van der Waals surface area (Å²) in [7, 11) is 3.50. The van der Waals surface area contributed by atoms with Crippen LogP contribution >= 0.6 is 0 Å². The van der Waals surface area contributed by atoms with Crippen LogP contribution in [-0.4, -0.2) is 27.2 Å². The summed E-state index contributed by atoms with van der Waals surface area (Å²) in [5, 5.41) is 6.75. The summed E-state index contributed by atoms with van der Waals surface area (Å²) in [5.74, 6) is 0. The van der Waals surface area contributed by atoms with Crippen molar-refractivity contribution in [3.63, 3.8) is 0 Å². The number of nitrogens with two attached hydrogens (primary N) is 1. The number of hydrogen-bond acceptors (Lipinski definition) is 2. The van der Waals surface area contributed by atoms with Crippen molar-refractivity contribution < 1.29 is 51.4 Å². The van der Waals surface area contributed by atoms with E-state index in [1.54, 1.807) is 14.1 Å². The third-order valence-corrected chi connectivity index (χ3v) is 1.77. The van der Waals surface area contributed by atoms with Crippen molar-refractivity contribution in [1.82, 2.24) is 5.32 Å². The second-order valence-corrected chi connectivity index (χ2v) is 3.40. The van der Waals surface area contributed by atoms with E-state index < -0.39 is 0 Å². The fourth-order valence-corrected chi connectivity index (χ4v) is 1.04. The van der Waals surface area contributed by atoms with Crippen molar-refractivity contribution >= 4 is 0 Å². The van der Waals surface area contributed by atoms with E-state index >= 15 is 0 Å². The Hall–Kier alpha value is 0.736. The molecule has 0 saturated carbocycles. The Labute approximate surface area is 142 Å². The van der Waals surface area contributed by atoms with Crippen molar-refractivity contribution in [2.75, 3.05) is 27.2 Å². The van der Waals surface area contributed by atoms with Crippen LogP contribution in [0.5, 0.6) is 0 Å². The first kappa shape index (κ1) is 19.1. The van der Waals surface area contributed by atoms with E-state index in [0.717, 1.165) is 13.1 Å². The molecule has 0 bridgehead atoms. The summed E-state index contributed by atoms with van der Waals surface area (Å²) in [6, 6.07) is 8.52. The minimum absolute atomic E-state index is 0. The Morgan fingerprint density at radius 1 is 1.19 bits per heavy atom. The van der Waals surface area contributed by atoms with Gasteiger partial charge in [-0.1, -0.05) is 29.8 Å². The van der Waals surface area contributed by atoms with Crippen LogP contribution in [0.4, 0.5) is 0 Å². The van der Waals surface area contributed by atoms with Gasteiger partial charge in [-0.2, -0.15) is 14.1 Å². The van der Waals surface area contributed by atoms with Crippen LogP contribution in [0.3, 0.4) is 0 Å². The van der Waals surface area contributed by atoms with E-state index in [-0.39, 0.29) is 51.4 Å². The van der Waals surface area contributed by atoms with Gasteiger partial charge in [-0.25, -0.2) is 0 Å². The Morgan fingerprint density at radius 3 is 2.12 bits per heavy atom. The number of nitrogens with zero attached hydrogens (tertiary/aromatic N) is 1. The molecular formula is C12H22KN3. The fourth-order valence-electron chi connectivity index (χ4n) is 1.04. The monoisotopic (exact) mass is 247 g/mol. The quantitative estimate of drug-likeness (QED) is 0.511. The minimum atomic E-state index is 0. The van der Waals surface area contributed by atoms with Gasteiger partial charge in [-0.05, 0) is 12.5 Å². The normalized spacial score (nSPS) is 8.75. The van der Waals surface area contributed by atoms with Gasteiger partial charge in [0.25, 0.3) is 0 Å². The van der Waals surface area contributed by atoms with Crippen LogP contribution in [-0.2, 0) is 6.54 Å². The van der Waals surface area contributed by atoms with E-state index in [1.165, 1.54) is 11.1 Å². The van der Waals surface area contributed by atoms with Gasteiger partial charge < -0.3 is 16.4 Å². The Balaban J connectivity index is 0. The number of aryl methyl sites for hydroxylation is 1. The first-order valence-electron chi connectivity index (χ1n) is 5.18. The van der Waals surface area contributed by atoms with E-state index in [2.05, 4.69) is 41.8 Å². The van der Waals surface area contributed by atoms with Gasteiger partial charge in [-0.3, -0.25) is 0 Å². The van der Waals surface area contributed by atoms with Crippen LogP contribution in [0.15, 0.2) is 24.3 Å². The van der Waals surface area contributed by atoms with Gasteiger partial charge in [0.2, 0.25) is 0 Å². The van der Waals surface area contributed by atoms with Crippen molar-refractivity contribution in [3.8, 4) is 0 Å². The molecule has 16 heavy (non-hydrogen) atoms. The zero-order chi connectivity index (χ0) is 11.5. The van der Waals surface area contributed by atoms with Gasteiger partial charge in [0.15, 0.2) is 0 Å². The smallest absolute Gasteiger partial charge is 0.668 e. The molecule has 86 valence electrons. The second-order valence-electron chi connectivity index (χ2n) is 3.40. The number of nitrogens with one attached hydrogen (secondary N) is 1. The number of benzene rings is 1. The van der Waals surface area contributed by atoms with E-state index in [1.807, 2.05) is 0 Å². The second kappa shape index (κ2) is 13.8. The maximum absolute atomic E-state index is 5.35. The third-order valence-electron chi connectivity index (χ3n) is 1.77. The molecular weight excluding hydrogens is 225 g/mol. The van der Waals surface area contributed by atoms with Crippen molar-refractivity contribution in [1.29, 1.82) is 0 Å². The maximum Gasteiger partial charge on any atom is 1.00 e.